The number of benzene rings is 1. The number of nitrogens with one attached hydrogen (secondary N) is 1. The highest BCUT2D eigenvalue weighted by atomic mass is 79.9. The van der Waals surface area contributed by atoms with Gasteiger partial charge in [0, 0.05) is 18.0 Å². The van der Waals surface area contributed by atoms with Gasteiger partial charge in [0.05, 0.1) is 16.5 Å². The van der Waals surface area contributed by atoms with Gasteiger partial charge in [-0.2, -0.15) is 0 Å². The summed E-state index contributed by atoms with van der Waals surface area (Å²) >= 11 is 5.21. The van der Waals surface area contributed by atoms with Gasteiger partial charge in [-0.15, -0.1) is 11.3 Å². The number of thiophene rings is 1. The average molecular weight is 354 g/mol. The summed E-state index contributed by atoms with van der Waals surface area (Å²) in [4.78, 5) is 13.0. The van der Waals surface area contributed by atoms with Crippen LogP contribution in [0.5, 0.6) is 0 Å². The molecule has 0 bridgehead atoms. The number of hydrogen-bond acceptors (Lipinski definition) is 4. The van der Waals surface area contributed by atoms with Crippen molar-refractivity contribution in [1.82, 2.24) is 5.32 Å². The summed E-state index contributed by atoms with van der Waals surface area (Å²) in [5.41, 5.74) is 1.59. The molecule has 1 N–H and O–H groups in total. The first-order valence-corrected chi connectivity index (χ1v) is 7.93. The predicted molar refractivity (Wildman–Crippen MR) is 85.2 cm³/mol. The molecule has 1 aromatic heterocycles. The molecule has 1 heterocycles. The van der Waals surface area contributed by atoms with Crippen molar-refractivity contribution >= 4 is 33.2 Å². The fraction of sp³-hybridized carbons (Fsp3) is 0.267. The Kier molecular flexibility index (Phi) is 5.76. The summed E-state index contributed by atoms with van der Waals surface area (Å²) in [6, 6.07) is 11.7. The van der Waals surface area contributed by atoms with Crippen LogP contribution in [0, 0.1) is 0 Å². The summed E-state index contributed by atoms with van der Waals surface area (Å²) in [6.45, 7) is 1.54. The zero-order valence-electron chi connectivity index (χ0n) is 11.2. The molecule has 0 saturated heterocycles. The first kappa shape index (κ1) is 15.2. The second kappa shape index (κ2) is 7.57. The first-order chi connectivity index (χ1) is 9.70. The van der Waals surface area contributed by atoms with Gasteiger partial charge in [0.1, 0.15) is 0 Å². The van der Waals surface area contributed by atoms with Crippen molar-refractivity contribution in [1.29, 1.82) is 0 Å². The Morgan fingerprint density at radius 2 is 2.10 bits per heavy atom. The monoisotopic (exact) mass is 353 g/mol. The molecular formula is C15H16BrNO2S. The minimum absolute atomic E-state index is 0.287. The number of ether oxygens (including phenoxy) is 1. The maximum Gasteiger partial charge on any atom is 0.338 e. The van der Waals surface area contributed by atoms with Crippen molar-refractivity contribution < 1.29 is 9.53 Å². The third-order valence-corrected chi connectivity index (χ3v) is 4.60. The Balaban J connectivity index is 1.86. The number of rotatable bonds is 6. The fourth-order valence-corrected chi connectivity index (χ4v) is 3.39. The number of esters is 1. The topological polar surface area (TPSA) is 38.3 Å². The molecule has 0 spiro atoms. The first-order valence-electron chi connectivity index (χ1n) is 6.32. The van der Waals surface area contributed by atoms with Crippen LogP contribution in [0.15, 0.2) is 40.2 Å². The minimum Gasteiger partial charge on any atom is -0.465 e. The molecule has 0 saturated carbocycles. The second-order valence-corrected chi connectivity index (χ2v) is 6.83. The van der Waals surface area contributed by atoms with Gasteiger partial charge < -0.3 is 10.1 Å². The normalized spacial score (nSPS) is 10.5. The van der Waals surface area contributed by atoms with Crippen LogP contribution < -0.4 is 5.32 Å². The summed E-state index contributed by atoms with van der Waals surface area (Å²) < 4.78 is 5.94. The number of carbonyl (C=O) groups excluding carboxylic acids is 1. The number of carbonyl (C=O) groups is 1. The highest BCUT2D eigenvalue weighted by Crippen LogP contribution is 2.22. The van der Waals surface area contributed by atoms with Crippen molar-refractivity contribution in [2.75, 3.05) is 13.7 Å². The Morgan fingerprint density at radius 3 is 2.80 bits per heavy atom. The van der Waals surface area contributed by atoms with Crippen LogP contribution in [0.25, 0.3) is 0 Å². The summed E-state index contributed by atoms with van der Waals surface area (Å²) in [5, 5.41) is 3.36. The minimum atomic E-state index is -0.287. The zero-order chi connectivity index (χ0) is 14.4. The molecule has 2 aromatic rings. The van der Waals surface area contributed by atoms with E-state index in [0.29, 0.717) is 12.1 Å². The lowest BCUT2D eigenvalue weighted by molar-refractivity contribution is 0.0599. The number of methoxy groups -OCH3 is 1. The van der Waals surface area contributed by atoms with Crippen molar-refractivity contribution in [2.45, 2.75) is 13.0 Å². The molecule has 0 aliphatic heterocycles. The van der Waals surface area contributed by atoms with E-state index in [4.69, 9.17) is 4.74 Å². The van der Waals surface area contributed by atoms with Crippen LogP contribution in [-0.2, 0) is 17.7 Å². The molecule has 5 heteroatoms. The third kappa shape index (κ3) is 4.16. The van der Waals surface area contributed by atoms with Crippen LogP contribution in [0.3, 0.4) is 0 Å². The van der Waals surface area contributed by atoms with E-state index in [-0.39, 0.29) is 5.97 Å². The molecule has 0 atom stereocenters. The number of halogens is 1. The lowest BCUT2D eigenvalue weighted by atomic mass is 10.1. The van der Waals surface area contributed by atoms with E-state index >= 15 is 0 Å². The van der Waals surface area contributed by atoms with E-state index in [1.54, 1.807) is 17.4 Å². The largest absolute Gasteiger partial charge is 0.465 e. The fourth-order valence-electron chi connectivity index (χ4n) is 1.90. The van der Waals surface area contributed by atoms with Gasteiger partial charge in [0.2, 0.25) is 0 Å². The van der Waals surface area contributed by atoms with Gasteiger partial charge in [-0.05, 0) is 46.1 Å². The highest BCUT2D eigenvalue weighted by Gasteiger charge is 2.10. The maximum absolute atomic E-state index is 11.6. The van der Waals surface area contributed by atoms with Gasteiger partial charge in [0.15, 0.2) is 0 Å². The van der Waals surface area contributed by atoms with E-state index in [2.05, 4.69) is 33.4 Å². The lowest BCUT2D eigenvalue weighted by Gasteiger charge is -2.08. The SMILES string of the molecule is COC(=O)c1ccccc1CNCCc1ccc(Br)s1. The molecule has 1 aromatic carbocycles. The van der Waals surface area contributed by atoms with Gasteiger partial charge in [0.25, 0.3) is 0 Å². The number of hydrogen-bond donors (Lipinski definition) is 1. The Labute approximate surface area is 131 Å². The van der Waals surface area contributed by atoms with E-state index in [0.717, 1.165) is 22.3 Å². The van der Waals surface area contributed by atoms with Crippen molar-refractivity contribution in [3.05, 3.63) is 56.2 Å². The Morgan fingerprint density at radius 1 is 1.30 bits per heavy atom. The molecular weight excluding hydrogens is 338 g/mol. The summed E-state index contributed by atoms with van der Waals surface area (Å²) in [5.74, 6) is -0.287. The Hall–Kier alpha value is -1.17. The molecule has 0 radical (unpaired) electrons. The molecule has 106 valence electrons. The smallest absolute Gasteiger partial charge is 0.338 e. The van der Waals surface area contributed by atoms with E-state index in [1.165, 1.54) is 12.0 Å². The lowest BCUT2D eigenvalue weighted by Crippen LogP contribution is -2.18. The standard InChI is InChI=1S/C15H16BrNO2S/c1-19-15(18)13-5-3-2-4-11(13)10-17-9-8-12-6-7-14(16)20-12/h2-7,17H,8-10H2,1H3. The molecule has 2 rings (SSSR count). The predicted octanol–water partition coefficient (Wildman–Crippen LogP) is 3.63. The Bertz CT molecular complexity index is 583. The average Bonchev–Trinajstić information content (AvgIpc) is 2.89. The molecule has 0 amide bonds. The summed E-state index contributed by atoms with van der Waals surface area (Å²) in [6.07, 6.45) is 0.983. The molecule has 0 aliphatic carbocycles. The molecule has 0 unspecified atom stereocenters. The van der Waals surface area contributed by atoms with E-state index < -0.39 is 0 Å². The van der Waals surface area contributed by atoms with Gasteiger partial charge >= 0.3 is 5.97 Å². The van der Waals surface area contributed by atoms with Crippen LogP contribution in [-0.4, -0.2) is 19.6 Å². The van der Waals surface area contributed by atoms with Crippen LogP contribution >= 0.6 is 27.3 Å². The zero-order valence-corrected chi connectivity index (χ0v) is 13.6. The van der Waals surface area contributed by atoms with E-state index in [9.17, 15) is 4.79 Å². The second-order valence-electron chi connectivity index (χ2n) is 4.28. The molecule has 20 heavy (non-hydrogen) atoms. The van der Waals surface area contributed by atoms with Gasteiger partial charge in [-0.25, -0.2) is 4.79 Å². The molecule has 3 nitrogen and oxygen atoms in total. The molecule has 0 fully saturated rings. The quantitative estimate of drug-likeness (QED) is 0.636. The van der Waals surface area contributed by atoms with Gasteiger partial charge in [-0.1, -0.05) is 18.2 Å². The van der Waals surface area contributed by atoms with Crippen LogP contribution in [0.2, 0.25) is 0 Å². The van der Waals surface area contributed by atoms with E-state index in [1.807, 2.05) is 18.2 Å². The highest BCUT2D eigenvalue weighted by molar-refractivity contribution is 9.11. The summed E-state index contributed by atoms with van der Waals surface area (Å²) in [7, 11) is 1.40. The van der Waals surface area contributed by atoms with Gasteiger partial charge in [-0.3, -0.25) is 0 Å². The third-order valence-electron chi connectivity index (χ3n) is 2.92. The van der Waals surface area contributed by atoms with Crippen molar-refractivity contribution in [3.8, 4) is 0 Å². The van der Waals surface area contributed by atoms with Crippen molar-refractivity contribution in [2.24, 2.45) is 0 Å². The van der Waals surface area contributed by atoms with Crippen LogP contribution in [0.4, 0.5) is 0 Å². The molecule has 0 aliphatic rings. The maximum atomic E-state index is 11.6. The van der Waals surface area contributed by atoms with Crippen molar-refractivity contribution in [3.63, 3.8) is 0 Å². The van der Waals surface area contributed by atoms with Crippen LogP contribution in [0.1, 0.15) is 20.8 Å².